The summed E-state index contributed by atoms with van der Waals surface area (Å²) in [7, 11) is 0. The molecule has 0 amide bonds. The van der Waals surface area contributed by atoms with Crippen LogP contribution in [0.5, 0.6) is 0 Å². The maximum atomic E-state index is 9.92. The second-order valence-electron chi connectivity index (χ2n) is 4.03. The van der Waals surface area contributed by atoms with Crippen molar-refractivity contribution in [2.45, 2.75) is 25.0 Å². The van der Waals surface area contributed by atoms with Crippen molar-refractivity contribution in [2.24, 2.45) is 11.7 Å². The summed E-state index contributed by atoms with van der Waals surface area (Å²) >= 11 is 6.84. The van der Waals surface area contributed by atoms with Crippen LogP contribution in [0.4, 0.5) is 0 Å². The van der Waals surface area contributed by atoms with Crippen molar-refractivity contribution in [3.63, 3.8) is 0 Å². The van der Waals surface area contributed by atoms with Crippen LogP contribution in [0.25, 0.3) is 0 Å². The molecule has 1 aliphatic rings. The van der Waals surface area contributed by atoms with Gasteiger partial charge in [0.2, 0.25) is 0 Å². The van der Waals surface area contributed by atoms with Crippen LogP contribution in [0.15, 0.2) is 27.1 Å². The van der Waals surface area contributed by atoms with E-state index in [4.69, 9.17) is 5.73 Å². The molecule has 0 bridgehead atoms. The average molecular weight is 372 g/mol. The van der Waals surface area contributed by atoms with Gasteiger partial charge in [-0.05, 0) is 68.3 Å². The Hall–Kier alpha value is 0.390. The van der Waals surface area contributed by atoms with Gasteiger partial charge in [-0.15, -0.1) is 12.4 Å². The zero-order valence-electron chi connectivity index (χ0n) is 8.57. The number of benzene rings is 1. The van der Waals surface area contributed by atoms with Crippen LogP contribution < -0.4 is 5.73 Å². The monoisotopic (exact) mass is 369 g/mol. The van der Waals surface area contributed by atoms with E-state index in [-0.39, 0.29) is 18.4 Å². The lowest BCUT2D eigenvalue weighted by molar-refractivity contribution is 0.122. The van der Waals surface area contributed by atoms with E-state index in [1.807, 2.05) is 18.2 Å². The zero-order chi connectivity index (χ0) is 11.0. The van der Waals surface area contributed by atoms with Gasteiger partial charge in [-0.1, -0.05) is 6.07 Å². The Balaban J connectivity index is 0.00000128. The minimum Gasteiger partial charge on any atom is -0.391 e. The van der Waals surface area contributed by atoms with Gasteiger partial charge in [0.15, 0.2) is 0 Å². The number of halogens is 3. The molecule has 0 heterocycles. The van der Waals surface area contributed by atoms with Gasteiger partial charge in [-0.3, -0.25) is 0 Å². The Morgan fingerprint density at radius 3 is 2.38 bits per heavy atom. The smallest absolute Gasteiger partial charge is 0.0760 e. The van der Waals surface area contributed by atoms with E-state index in [1.54, 1.807) is 0 Å². The number of aliphatic hydroxyl groups excluding tert-OH is 1. The second kappa shape index (κ2) is 5.83. The molecule has 3 N–H and O–H groups in total. The van der Waals surface area contributed by atoms with Gasteiger partial charge < -0.3 is 10.8 Å². The van der Waals surface area contributed by atoms with Crippen molar-refractivity contribution in [1.82, 2.24) is 0 Å². The molecule has 0 saturated heterocycles. The summed E-state index contributed by atoms with van der Waals surface area (Å²) < 4.78 is 1.97. The summed E-state index contributed by atoms with van der Waals surface area (Å²) in [5, 5.41) is 9.92. The lowest BCUT2D eigenvalue weighted by Crippen LogP contribution is -2.27. The van der Waals surface area contributed by atoms with Gasteiger partial charge in [0, 0.05) is 8.95 Å². The van der Waals surface area contributed by atoms with E-state index >= 15 is 0 Å². The van der Waals surface area contributed by atoms with Crippen molar-refractivity contribution in [3.05, 3.63) is 32.7 Å². The number of rotatable bonds is 3. The van der Waals surface area contributed by atoms with Crippen LogP contribution in [0.1, 0.15) is 24.4 Å². The van der Waals surface area contributed by atoms with Gasteiger partial charge >= 0.3 is 0 Å². The molecular formula is C11H14Br2ClNO. The van der Waals surface area contributed by atoms with E-state index in [1.165, 1.54) is 0 Å². The Morgan fingerprint density at radius 2 is 1.88 bits per heavy atom. The summed E-state index contributed by atoms with van der Waals surface area (Å²) in [6.45, 7) is 0. The molecule has 2 atom stereocenters. The lowest BCUT2D eigenvalue weighted by Gasteiger charge is -2.19. The van der Waals surface area contributed by atoms with Crippen LogP contribution in [0, 0.1) is 5.92 Å². The number of hydrogen-bond donors (Lipinski definition) is 2. The summed E-state index contributed by atoms with van der Waals surface area (Å²) in [6.07, 6.45) is 1.80. The highest BCUT2D eigenvalue weighted by Gasteiger charge is 2.34. The second-order valence-corrected chi connectivity index (χ2v) is 5.74. The number of hydrogen-bond acceptors (Lipinski definition) is 2. The van der Waals surface area contributed by atoms with Crippen molar-refractivity contribution < 1.29 is 5.11 Å². The third-order valence-corrected chi connectivity index (χ3v) is 4.68. The van der Waals surface area contributed by atoms with Crippen LogP contribution in [0.3, 0.4) is 0 Å². The van der Waals surface area contributed by atoms with Crippen LogP contribution in [-0.2, 0) is 0 Å². The quantitative estimate of drug-likeness (QED) is 0.855. The molecule has 16 heavy (non-hydrogen) atoms. The summed E-state index contributed by atoms with van der Waals surface area (Å²) in [5.74, 6) is 0.405. The third-order valence-electron chi connectivity index (χ3n) is 2.80. The highest BCUT2D eigenvalue weighted by molar-refractivity contribution is 9.13. The molecule has 0 unspecified atom stereocenters. The van der Waals surface area contributed by atoms with Crippen LogP contribution in [-0.4, -0.2) is 11.2 Å². The van der Waals surface area contributed by atoms with E-state index in [0.29, 0.717) is 5.92 Å². The molecule has 0 aliphatic heterocycles. The SMILES string of the molecule is Cl.N[C@@H](c1ccc(Br)c(Br)c1)[C@H](O)C1CC1. The average Bonchev–Trinajstić information content (AvgIpc) is 3.03. The van der Waals surface area contributed by atoms with Crippen molar-refractivity contribution in [2.75, 3.05) is 0 Å². The van der Waals surface area contributed by atoms with Gasteiger partial charge in [0.05, 0.1) is 12.1 Å². The Labute approximate surface area is 118 Å². The predicted molar refractivity (Wildman–Crippen MR) is 74.7 cm³/mol. The highest BCUT2D eigenvalue weighted by Crippen LogP contribution is 2.38. The zero-order valence-corrected chi connectivity index (χ0v) is 12.6. The highest BCUT2D eigenvalue weighted by atomic mass is 79.9. The summed E-state index contributed by atoms with van der Waals surface area (Å²) in [6, 6.07) is 5.58. The van der Waals surface area contributed by atoms with Gasteiger partial charge in [0.25, 0.3) is 0 Å². The number of aliphatic hydroxyl groups is 1. The minimum atomic E-state index is -0.405. The Bertz CT molecular complexity index is 371. The molecule has 0 aromatic heterocycles. The fourth-order valence-electron chi connectivity index (χ4n) is 1.65. The molecule has 1 aromatic carbocycles. The number of nitrogens with two attached hydrogens (primary N) is 1. The normalized spacial score (nSPS) is 18.8. The standard InChI is InChI=1S/C11H13Br2NO.ClH/c12-8-4-3-7(5-9(8)13)10(14)11(15)6-1-2-6;/h3-6,10-11,15H,1-2,14H2;1H/t10-,11+;/m0./s1. The van der Waals surface area contributed by atoms with Gasteiger partial charge in [0.1, 0.15) is 0 Å². The first-order valence-electron chi connectivity index (χ1n) is 4.98. The lowest BCUT2D eigenvalue weighted by atomic mass is 9.99. The maximum absolute atomic E-state index is 9.92. The predicted octanol–water partition coefficient (Wildman–Crippen LogP) is 3.40. The van der Waals surface area contributed by atoms with Crippen molar-refractivity contribution >= 4 is 44.3 Å². The molecule has 2 rings (SSSR count). The first-order valence-corrected chi connectivity index (χ1v) is 6.57. The van der Waals surface area contributed by atoms with E-state index in [2.05, 4.69) is 31.9 Å². The fraction of sp³-hybridized carbons (Fsp3) is 0.455. The first kappa shape index (κ1) is 14.5. The third kappa shape index (κ3) is 3.20. The largest absolute Gasteiger partial charge is 0.391 e. The first-order chi connectivity index (χ1) is 7.09. The Kier molecular flexibility index (Phi) is 5.26. The fourth-order valence-corrected chi connectivity index (χ4v) is 2.29. The summed E-state index contributed by atoms with van der Waals surface area (Å²) in [4.78, 5) is 0. The van der Waals surface area contributed by atoms with E-state index in [9.17, 15) is 5.11 Å². The van der Waals surface area contributed by atoms with Gasteiger partial charge in [-0.25, -0.2) is 0 Å². The molecule has 0 radical (unpaired) electrons. The molecule has 0 spiro atoms. The molecule has 1 saturated carbocycles. The molecule has 2 nitrogen and oxygen atoms in total. The Morgan fingerprint density at radius 1 is 1.25 bits per heavy atom. The van der Waals surface area contributed by atoms with E-state index < -0.39 is 6.10 Å². The van der Waals surface area contributed by atoms with Crippen molar-refractivity contribution in [3.8, 4) is 0 Å². The minimum absolute atomic E-state index is 0. The van der Waals surface area contributed by atoms with E-state index in [0.717, 1.165) is 27.4 Å². The van der Waals surface area contributed by atoms with Crippen LogP contribution in [0.2, 0.25) is 0 Å². The van der Waals surface area contributed by atoms with Crippen molar-refractivity contribution in [1.29, 1.82) is 0 Å². The molecule has 1 aliphatic carbocycles. The molecule has 90 valence electrons. The molecule has 5 heteroatoms. The topological polar surface area (TPSA) is 46.2 Å². The summed E-state index contributed by atoms with van der Waals surface area (Å²) in [5.41, 5.74) is 6.99. The van der Waals surface area contributed by atoms with Gasteiger partial charge in [-0.2, -0.15) is 0 Å². The molecule has 1 aromatic rings. The maximum Gasteiger partial charge on any atom is 0.0760 e. The van der Waals surface area contributed by atoms with Crippen LogP contribution >= 0.6 is 44.3 Å². The molecule has 1 fully saturated rings. The molecular weight excluding hydrogens is 357 g/mol.